The van der Waals surface area contributed by atoms with Gasteiger partial charge < -0.3 is 11.1 Å². The van der Waals surface area contributed by atoms with Crippen LogP contribution in [0.3, 0.4) is 0 Å². The summed E-state index contributed by atoms with van der Waals surface area (Å²) >= 11 is 0. The van der Waals surface area contributed by atoms with Crippen molar-refractivity contribution in [2.24, 2.45) is 5.73 Å². The summed E-state index contributed by atoms with van der Waals surface area (Å²) in [7, 11) is 1.86. The van der Waals surface area contributed by atoms with E-state index in [-0.39, 0.29) is 12.5 Å². The van der Waals surface area contributed by atoms with Crippen LogP contribution in [0, 0.1) is 0 Å². The van der Waals surface area contributed by atoms with Gasteiger partial charge in [0, 0.05) is 6.54 Å². The van der Waals surface area contributed by atoms with E-state index < -0.39 is 11.9 Å². The molecule has 0 saturated heterocycles. The molecule has 2 amide bonds. The maximum atomic E-state index is 12.2. The van der Waals surface area contributed by atoms with E-state index in [2.05, 4.69) is 5.32 Å². The molecule has 1 atom stereocenters. The molecule has 23 heavy (non-hydrogen) atoms. The molecule has 0 aliphatic rings. The molecular formula is C18H21N3O2. The first-order valence-electron chi connectivity index (χ1n) is 7.42. The molecule has 0 heterocycles. The van der Waals surface area contributed by atoms with Gasteiger partial charge in [0.25, 0.3) is 0 Å². The van der Waals surface area contributed by atoms with E-state index in [0.717, 1.165) is 5.56 Å². The number of benzene rings is 2. The molecule has 120 valence electrons. The van der Waals surface area contributed by atoms with Crippen molar-refractivity contribution in [1.29, 1.82) is 0 Å². The molecule has 3 N–H and O–H groups in total. The lowest BCUT2D eigenvalue weighted by atomic mass is 10.1. The van der Waals surface area contributed by atoms with Gasteiger partial charge in [-0.3, -0.25) is 14.5 Å². The van der Waals surface area contributed by atoms with E-state index in [0.29, 0.717) is 12.1 Å². The van der Waals surface area contributed by atoms with Crippen LogP contribution >= 0.6 is 0 Å². The van der Waals surface area contributed by atoms with Crippen molar-refractivity contribution in [2.75, 3.05) is 13.6 Å². The Labute approximate surface area is 136 Å². The van der Waals surface area contributed by atoms with Crippen LogP contribution in [0.15, 0.2) is 60.7 Å². The molecule has 0 unspecified atom stereocenters. The average molecular weight is 311 g/mol. The number of rotatable bonds is 7. The SMILES string of the molecule is CN(CC(=O)N[C@H](C(N)=O)c1ccccc1)Cc1ccccc1. The van der Waals surface area contributed by atoms with Crippen LogP contribution in [0.5, 0.6) is 0 Å². The van der Waals surface area contributed by atoms with Gasteiger partial charge in [0.2, 0.25) is 11.8 Å². The van der Waals surface area contributed by atoms with Crippen molar-refractivity contribution >= 4 is 11.8 Å². The Morgan fingerprint density at radius 2 is 1.61 bits per heavy atom. The van der Waals surface area contributed by atoms with Crippen molar-refractivity contribution in [3.63, 3.8) is 0 Å². The van der Waals surface area contributed by atoms with Gasteiger partial charge in [-0.25, -0.2) is 0 Å². The predicted octanol–water partition coefficient (Wildman–Crippen LogP) is 1.46. The van der Waals surface area contributed by atoms with E-state index in [1.807, 2.05) is 48.3 Å². The maximum Gasteiger partial charge on any atom is 0.244 e. The summed E-state index contributed by atoms with van der Waals surface area (Å²) in [6, 6.07) is 18.1. The summed E-state index contributed by atoms with van der Waals surface area (Å²) in [4.78, 5) is 25.7. The highest BCUT2D eigenvalue weighted by Crippen LogP contribution is 2.12. The minimum atomic E-state index is -0.811. The van der Waals surface area contributed by atoms with Crippen molar-refractivity contribution in [2.45, 2.75) is 12.6 Å². The molecule has 0 saturated carbocycles. The quantitative estimate of drug-likeness (QED) is 0.813. The highest BCUT2D eigenvalue weighted by molar-refractivity contribution is 5.88. The first kappa shape index (κ1) is 16.7. The fraction of sp³-hybridized carbons (Fsp3) is 0.222. The normalized spacial score (nSPS) is 11.9. The largest absolute Gasteiger partial charge is 0.368 e. The number of carbonyl (C=O) groups excluding carboxylic acids is 2. The van der Waals surface area contributed by atoms with E-state index in [1.54, 1.807) is 24.3 Å². The van der Waals surface area contributed by atoms with Crippen LogP contribution in [-0.2, 0) is 16.1 Å². The van der Waals surface area contributed by atoms with Gasteiger partial charge in [0.15, 0.2) is 0 Å². The molecule has 0 aliphatic carbocycles. The minimum absolute atomic E-state index is 0.186. The molecular weight excluding hydrogens is 290 g/mol. The summed E-state index contributed by atoms with van der Waals surface area (Å²) in [5.74, 6) is -0.814. The fourth-order valence-electron chi connectivity index (χ4n) is 2.37. The summed E-state index contributed by atoms with van der Waals surface area (Å²) in [5.41, 5.74) is 7.21. The van der Waals surface area contributed by atoms with Gasteiger partial charge in [-0.1, -0.05) is 60.7 Å². The second-order valence-electron chi connectivity index (χ2n) is 5.47. The van der Waals surface area contributed by atoms with Crippen LogP contribution in [0.1, 0.15) is 17.2 Å². The summed E-state index contributed by atoms with van der Waals surface area (Å²) in [6.45, 7) is 0.840. The van der Waals surface area contributed by atoms with Gasteiger partial charge >= 0.3 is 0 Å². The van der Waals surface area contributed by atoms with E-state index in [9.17, 15) is 9.59 Å². The summed E-state index contributed by atoms with van der Waals surface area (Å²) < 4.78 is 0. The van der Waals surface area contributed by atoms with Crippen molar-refractivity contribution in [3.8, 4) is 0 Å². The average Bonchev–Trinajstić information content (AvgIpc) is 2.54. The number of primary amides is 1. The lowest BCUT2D eigenvalue weighted by Gasteiger charge is -2.20. The monoisotopic (exact) mass is 311 g/mol. The Balaban J connectivity index is 1.93. The molecule has 2 aromatic rings. The van der Waals surface area contributed by atoms with Crippen LogP contribution in [-0.4, -0.2) is 30.3 Å². The zero-order valence-corrected chi connectivity index (χ0v) is 13.1. The summed E-state index contributed by atoms with van der Waals surface area (Å²) in [5, 5.41) is 2.69. The fourth-order valence-corrected chi connectivity index (χ4v) is 2.37. The predicted molar refractivity (Wildman–Crippen MR) is 89.3 cm³/mol. The first-order valence-corrected chi connectivity index (χ1v) is 7.42. The lowest BCUT2D eigenvalue weighted by molar-refractivity contribution is -0.128. The molecule has 0 fully saturated rings. The molecule has 0 radical (unpaired) electrons. The topological polar surface area (TPSA) is 75.4 Å². The van der Waals surface area contributed by atoms with Crippen LogP contribution in [0.2, 0.25) is 0 Å². The van der Waals surface area contributed by atoms with Crippen molar-refractivity contribution in [3.05, 3.63) is 71.8 Å². The molecule has 0 aliphatic heterocycles. The Morgan fingerprint density at radius 3 is 2.17 bits per heavy atom. The Kier molecular flexibility index (Phi) is 5.88. The molecule has 0 spiro atoms. The van der Waals surface area contributed by atoms with Gasteiger partial charge in [-0.2, -0.15) is 0 Å². The van der Waals surface area contributed by atoms with Gasteiger partial charge in [-0.15, -0.1) is 0 Å². The summed E-state index contributed by atoms with van der Waals surface area (Å²) in [6.07, 6.45) is 0. The van der Waals surface area contributed by atoms with Crippen molar-refractivity contribution in [1.82, 2.24) is 10.2 Å². The third-order valence-electron chi connectivity index (χ3n) is 3.43. The first-order chi connectivity index (χ1) is 11.1. The van der Waals surface area contributed by atoms with E-state index >= 15 is 0 Å². The molecule has 2 rings (SSSR count). The lowest BCUT2D eigenvalue weighted by Crippen LogP contribution is -2.41. The molecule has 2 aromatic carbocycles. The Morgan fingerprint density at radius 1 is 1.04 bits per heavy atom. The zero-order valence-electron chi connectivity index (χ0n) is 13.1. The third-order valence-corrected chi connectivity index (χ3v) is 3.43. The molecule has 0 bridgehead atoms. The highest BCUT2D eigenvalue weighted by atomic mass is 16.2. The molecule has 5 nitrogen and oxygen atoms in total. The molecule has 0 aromatic heterocycles. The smallest absolute Gasteiger partial charge is 0.244 e. The number of likely N-dealkylation sites (N-methyl/N-ethyl adjacent to an activating group) is 1. The Bertz CT molecular complexity index is 644. The number of carbonyl (C=O) groups is 2. The maximum absolute atomic E-state index is 12.2. The number of nitrogens with two attached hydrogens (primary N) is 1. The van der Waals surface area contributed by atoms with E-state index in [4.69, 9.17) is 5.73 Å². The highest BCUT2D eigenvalue weighted by Gasteiger charge is 2.20. The standard InChI is InChI=1S/C18H21N3O2/c1-21(12-14-8-4-2-5-9-14)13-16(22)20-17(18(19)23)15-10-6-3-7-11-15/h2-11,17H,12-13H2,1H3,(H2,19,23)(H,20,22)/t17-/m0/s1. The third kappa shape index (κ3) is 5.23. The number of nitrogens with zero attached hydrogens (tertiary/aromatic N) is 1. The number of hydrogen-bond donors (Lipinski definition) is 2. The van der Waals surface area contributed by atoms with Crippen molar-refractivity contribution < 1.29 is 9.59 Å². The number of hydrogen-bond acceptors (Lipinski definition) is 3. The zero-order chi connectivity index (χ0) is 16.7. The van der Waals surface area contributed by atoms with E-state index in [1.165, 1.54) is 0 Å². The second kappa shape index (κ2) is 8.10. The van der Waals surface area contributed by atoms with Crippen LogP contribution < -0.4 is 11.1 Å². The second-order valence-corrected chi connectivity index (χ2v) is 5.47. The minimum Gasteiger partial charge on any atom is -0.368 e. The van der Waals surface area contributed by atoms with Crippen LogP contribution in [0.25, 0.3) is 0 Å². The van der Waals surface area contributed by atoms with Gasteiger partial charge in [-0.05, 0) is 18.2 Å². The van der Waals surface area contributed by atoms with Gasteiger partial charge in [0.05, 0.1) is 6.54 Å². The van der Waals surface area contributed by atoms with Crippen LogP contribution in [0.4, 0.5) is 0 Å². The number of amides is 2. The Hall–Kier alpha value is -2.66. The number of nitrogens with one attached hydrogen (secondary N) is 1. The molecule has 5 heteroatoms. The van der Waals surface area contributed by atoms with Gasteiger partial charge in [0.1, 0.15) is 6.04 Å².